The molecular weight excluding hydrogens is 779 g/mol. The predicted molar refractivity (Wildman–Crippen MR) is 273 cm³/mol. The minimum atomic E-state index is -0.786. The zero-order valence-electron chi connectivity index (χ0n) is 42.5. The number of nitrogens with one attached hydrogen (secondary N) is 1. The van der Waals surface area contributed by atoms with E-state index in [9.17, 15) is 19.8 Å². The molecule has 0 bridgehead atoms. The Bertz CT molecular complexity index is 997. The van der Waals surface area contributed by atoms with Gasteiger partial charge in [-0.3, -0.25) is 9.59 Å². The number of unbranched alkanes of at least 4 members (excludes halogenated alkanes) is 35. The van der Waals surface area contributed by atoms with E-state index < -0.39 is 18.2 Å². The molecule has 6 heteroatoms. The van der Waals surface area contributed by atoms with Gasteiger partial charge >= 0.3 is 5.97 Å². The molecule has 0 aliphatic heterocycles. The minimum absolute atomic E-state index is 0.0774. The highest BCUT2D eigenvalue weighted by atomic mass is 16.5. The van der Waals surface area contributed by atoms with Crippen molar-refractivity contribution in [1.29, 1.82) is 0 Å². The second-order valence-electron chi connectivity index (χ2n) is 19.3. The largest absolute Gasteiger partial charge is 0.462 e. The Morgan fingerprint density at radius 2 is 0.762 bits per heavy atom. The van der Waals surface area contributed by atoms with Crippen LogP contribution in [0.25, 0.3) is 0 Å². The molecule has 3 atom stereocenters. The molecule has 6 nitrogen and oxygen atoms in total. The monoisotopic (exact) mass is 888 g/mol. The summed E-state index contributed by atoms with van der Waals surface area (Å²) >= 11 is 0. The van der Waals surface area contributed by atoms with Crippen LogP contribution in [-0.4, -0.2) is 46.9 Å². The molecule has 372 valence electrons. The van der Waals surface area contributed by atoms with Gasteiger partial charge in [-0.05, 0) is 77.0 Å². The smallest absolute Gasteiger partial charge is 0.306 e. The van der Waals surface area contributed by atoms with Gasteiger partial charge in [-0.15, -0.1) is 0 Å². The summed E-state index contributed by atoms with van der Waals surface area (Å²) in [5, 5.41) is 23.8. The average molecular weight is 889 g/mol. The van der Waals surface area contributed by atoms with Crippen LogP contribution in [0, 0.1) is 0 Å². The Kier molecular flexibility index (Phi) is 50.0. The Labute approximate surface area is 392 Å². The summed E-state index contributed by atoms with van der Waals surface area (Å²) in [5.74, 6) is -0.467. The number of ether oxygens (including phenoxy) is 1. The number of aliphatic hydroxyl groups is 2. The zero-order valence-corrected chi connectivity index (χ0v) is 42.5. The van der Waals surface area contributed by atoms with Crippen molar-refractivity contribution in [3.8, 4) is 0 Å². The molecule has 1 amide bonds. The van der Waals surface area contributed by atoms with E-state index >= 15 is 0 Å². The fourth-order valence-electron chi connectivity index (χ4n) is 8.72. The Morgan fingerprint density at radius 1 is 0.444 bits per heavy atom. The number of hydrogen-bond donors (Lipinski definition) is 3. The van der Waals surface area contributed by atoms with Crippen LogP contribution in [0.2, 0.25) is 0 Å². The lowest BCUT2D eigenvalue weighted by atomic mass is 10.0. The number of esters is 1. The van der Waals surface area contributed by atoms with Gasteiger partial charge in [0.05, 0.1) is 25.2 Å². The van der Waals surface area contributed by atoms with E-state index in [0.29, 0.717) is 19.3 Å². The van der Waals surface area contributed by atoms with Crippen molar-refractivity contribution in [2.45, 2.75) is 322 Å². The summed E-state index contributed by atoms with van der Waals surface area (Å²) in [5.41, 5.74) is 0. The van der Waals surface area contributed by atoms with E-state index in [-0.39, 0.29) is 24.9 Å². The third kappa shape index (κ3) is 46.7. The van der Waals surface area contributed by atoms with Gasteiger partial charge in [-0.25, -0.2) is 0 Å². The molecular formula is C57H109NO5. The van der Waals surface area contributed by atoms with Crippen LogP contribution in [0.1, 0.15) is 303 Å². The first kappa shape index (κ1) is 61.3. The van der Waals surface area contributed by atoms with Crippen molar-refractivity contribution in [3.63, 3.8) is 0 Å². The van der Waals surface area contributed by atoms with E-state index in [1.54, 1.807) is 0 Å². The summed E-state index contributed by atoms with van der Waals surface area (Å²) in [6.07, 6.45) is 59.5. The van der Waals surface area contributed by atoms with Crippen molar-refractivity contribution in [2.75, 3.05) is 6.61 Å². The fourth-order valence-corrected chi connectivity index (χ4v) is 8.72. The molecule has 0 aliphatic rings. The molecule has 0 fully saturated rings. The van der Waals surface area contributed by atoms with Crippen molar-refractivity contribution in [3.05, 3.63) is 24.3 Å². The lowest BCUT2D eigenvalue weighted by molar-refractivity contribution is -0.151. The number of aliphatic hydroxyl groups excluding tert-OH is 2. The number of rotatable bonds is 51. The van der Waals surface area contributed by atoms with Gasteiger partial charge in [-0.2, -0.15) is 0 Å². The molecule has 63 heavy (non-hydrogen) atoms. The number of hydrogen-bond acceptors (Lipinski definition) is 5. The van der Waals surface area contributed by atoms with Crippen LogP contribution in [0.4, 0.5) is 0 Å². The topological polar surface area (TPSA) is 95.9 Å². The molecule has 0 radical (unpaired) electrons. The molecule has 0 spiro atoms. The van der Waals surface area contributed by atoms with E-state index in [0.717, 1.165) is 51.4 Å². The van der Waals surface area contributed by atoms with Crippen LogP contribution >= 0.6 is 0 Å². The summed E-state index contributed by atoms with van der Waals surface area (Å²) in [6, 6.07) is -0.700. The molecule has 3 N–H and O–H groups in total. The van der Waals surface area contributed by atoms with E-state index in [4.69, 9.17) is 4.74 Å². The quantitative estimate of drug-likeness (QED) is 0.0321. The van der Waals surface area contributed by atoms with Gasteiger partial charge in [0, 0.05) is 6.42 Å². The van der Waals surface area contributed by atoms with E-state index in [1.165, 1.54) is 205 Å². The van der Waals surface area contributed by atoms with Crippen LogP contribution in [0.15, 0.2) is 24.3 Å². The minimum Gasteiger partial charge on any atom is -0.462 e. The highest BCUT2D eigenvalue weighted by molar-refractivity contribution is 5.77. The van der Waals surface area contributed by atoms with Gasteiger partial charge in [-0.1, -0.05) is 238 Å². The molecule has 0 aliphatic carbocycles. The normalized spacial score (nSPS) is 13.3. The Hall–Kier alpha value is -1.66. The van der Waals surface area contributed by atoms with E-state index in [1.807, 2.05) is 0 Å². The van der Waals surface area contributed by atoms with Crippen molar-refractivity contribution in [2.24, 2.45) is 0 Å². The number of carbonyl (C=O) groups is 2. The molecule has 0 rings (SSSR count). The van der Waals surface area contributed by atoms with Crippen LogP contribution in [0.5, 0.6) is 0 Å². The van der Waals surface area contributed by atoms with Crippen LogP contribution in [0.3, 0.4) is 0 Å². The highest BCUT2D eigenvalue weighted by Gasteiger charge is 2.24. The third-order valence-electron chi connectivity index (χ3n) is 13.0. The average Bonchev–Trinajstić information content (AvgIpc) is 3.28. The van der Waals surface area contributed by atoms with Crippen LogP contribution in [-0.2, 0) is 14.3 Å². The predicted octanol–water partition coefficient (Wildman–Crippen LogP) is 17.1. The SMILES string of the molecule is CCCCCC/C=C\CCCCCCCCCC(=O)OC(CCCCCCCCC/C=C/CCCCCCCC)CC(=O)NC(CO)C(O)CCCCCCCCCCCCCC. The Morgan fingerprint density at radius 3 is 1.14 bits per heavy atom. The van der Waals surface area contributed by atoms with Gasteiger partial charge in [0.1, 0.15) is 6.10 Å². The first-order valence-electron chi connectivity index (χ1n) is 28.1. The first-order valence-corrected chi connectivity index (χ1v) is 28.1. The van der Waals surface area contributed by atoms with Crippen LogP contribution < -0.4 is 5.32 Å². The summed E-state index contributed by atoms with van der Waals surface area (Å²) in [6.45, 7) is 6.49. The van der Waals surface area contributed by atoms with E-state index in [2.05, 4.69) is 50.4 Å². The maximum absolute atomic E-state index is 13.2. The second kappa shape index (κ2) is 51.3. The summed E-state index contributed by atoms with van der Waals surface area (Å²) in [7, 11) is 0. The maximum atomic E-state index is 13.2. The molecule has 0 heterocycles. The molecule has 0 saturated carbocycles. The lowest BCUT2D eigenvalue weighted by Gasteiger charge is -2.24. The van der Waals surface area contributed by atoms with Gasteiger partial charge in [0.25, 0.3) is 0 Å². The summed E-state index contributed by atoms with van der Waals surface area (Å²) in [4.78, 5) is 26.2. The van der Waals surface area contributed by atoms with Gasteiger partial charge < -0.3 is 20.3 Å². The molecule has 3 unspecified atom stereocenters. The number of amides is 1. The number of allylic oxidation sites excluding steroid dienone is 4. The van der Waals surface area contributed by atoms with Crippen molar-refractivity contribution < 1.29 is 24.5 Å². The standard InChI is InChI=1S/C57H109NO5/c1-4-7-10-13-16-19-22-25-27-28-30-31-33-36-39-42-45-48-53(63-57(62)50-47-44-41-38-35-32-29-26-23-20-17-14-11-8-5-2)51-56(61)58-54(52-59)55(60)49-46-43-40-37-34-24-21-18-15-12-9-6-3/h20,23,25,27,53-55,59-60H,4-19,21-22,24,26,28-52H2,1-3H3,(H,58,61)/b23-20-,27-25+. The zero-order chi connectivity index (χ0) is 45.9. The molecule has 0 saturated heterocycles. The molecule has 0 aromatic carbocycles. The summed E-state index contributed by atoms with van der Waals surface area (Å²) < 4.78 is 5.96. The Balaban J connectivity index is 4.56. The second-order valence-corrected chi connectivity index (χ2v) is 19.3. The van der Waals surface area contributed by atoms with Crippen molar-refractivity contribution in [1.82, 2.24) is 5.32 Å². The lowest BCUT2D eigenvalue weighted by Crippen LogP contribution is -2.46. The first-order chi connectivity index (χ1) is 31.0. The molecule has 0 aromatic rings. The highest BCUT2D eigenvalue weighted by Crippen LogP contribution is 2.18. The van der Waals surface area contributed by atoms with Gasteiger partial charge in [0.2, 0.25) is 5.91 Å². The third-order valence-corrected chi connectivity index (χ3v) is 13.0. The fraction of sp³-hybridized carbons (Fsp3) is 0.895. The van der Waals surface area contributed by atoms with Crippen molar-refractivity contribution >= 4 is 11.9 Å². The van der Waals surface area contributed by atoms with Gasteiger partial charge in [0.15, 0.2) is 0 Å². The maximum Gasteiger partial charge on any atom is 0.306 e. The number of carbonyl (C=O) groups excluding carboxylic acids is 2. The molecule has 0 aromatic heterocycles.